The summed E-state index contributed by atoms with van der Waals surface area (Å²) in [5, 5.41) is 2.88. The standard InChI is InChI=1S/C18H21NO2/c1-4-16(18(20)19-15-10-6-5-7-11-15)21-17-12-8-9-13(2)14(17)3/h5-12,16H,4H2,1-3H3,(H,19,20)/t16-/m0/s1. The van der Waals surface area contributed by atoms with Crippen molar-refractivity contribution in [3.05, 3.63) is 59.7 Å². The highest BCUT2D eigenvalue weighted by molar-refractivity contribution is 5.94. The fourth-order valence-electron chi connectivity index (χ4n) is 2.07. The number of rotatable bonds is 5. The van der Waals surface area contributed by atoms with Crippen molar-refractivity contribution in [2.45, 2.75) is 33.3 Å². The second-order valence-corrected chi connectivity index (χ2v) is 5.07. The van der Waals surface area contributed by atoms with Gasteiger partial charge in [0.25, 0.3) is 5.91 Å². The van der Waals surface area contributed by atoms with Crippen LogP contribution in [0, 0.1) is 13.8 Å². The minimum Gasteiger partial charge on any atom is -0.480 e. The molecule has 0 fully saturated rings. The van der Waals surface area contributed by atoms with Gasteiger partial charge >= 0.3 is 0 Å². The van der Waals surface area contributed by atoms with Crippen molar-refractivity contribution in [3.63, 3.8) is 0 Å². The molecule has 0 bridgehead atoms. The first-order chi connectivity index (χ1) is 10.1. The molecule has 1 N–H and O–H groups in total. The maximum atomic E-state index is 12.3. The molecule has 1 amide bonds. The first-order valence-electron chi connectivity index (χ1n) is 7.20. The Balaban J connectivity index is 2.09. The van der Waals surface area contributed by atoms with Crippen LogP contribution in [-0.2, 0) is 4.79 Å². The zero-order valence-corrected chi connectivity index (χ0v) is 12.7. The number of nitrogens with one attached hydrogen (secondary N) is 1. The Morgan fingerprint density at radius 2 is 1.81 bits per heavy atom. The number of benzene rings is 2. The van der Waals surface area contributed by atoms with Gasteiger partial charge in [0, 0.05) is 5.69 Å². The molecular formula is C18H21NO2. The molecule has 0 aromatic heterocycles. The maximum absolute atomic E-state index is 12.3. The molecule has 0 radical (unpaired) electrons. The van der Waals surface area contributed by atoms with Crippen LogP contribution in [0.3, 0.4) is 0 Å². The number of ether oxygens (including phenoxy) is 1. The summed E-state index contributed by atoms with van der Waals surface area (Å²) in [5.74, 6) is 0.648. The number of amides is 1. The molecule has 0 aliphatic carbocycles. The van der Waals surface area contributed by atoms with Crippen LogP contribution in [0.4, 0.5) is 5.69 Å². The molecule has 0 heterocycles. The molecule has 0 aliphatic heterocycles. The number of hydrogen-bond acceptors (Lipinski definition) is 2. The summed E-state index contributed by atoms with van der Waals surface area (Å²) in [6.45, 7) is 5.99. The summed E-state index contributed by atoms with van der Waals surface area (Å²) in [4.78, 5) is 12.3. The van der Waals surface area contributed by atoms with Crippen LogP contribution in [0.15, 0.2) is 48.5 Å². The lowest BCUT2D eigenvalue weighted by molar-refractivity contribution is -0.122. The number of carbonyl (C=O) groups excluding carboxylic acids is 1. The average Bonchev–Trinajstić information content (AvgIpc) is 2.49. The second kappa shape index (κ2) is 6.93. The summed E-state index contributed by atoms with van der Waals surface area (Å²) in [6.07, 6.45) is 0.122. The van der Waals surface area contributed by atoms with Crippen LogP contribution < -0.4 is 10.1 Å². The summed E-state index contributed by atoms with van der Waals surface area (Å²) in [6, 6.07) is 15.3. The van der Waals surface area contributed by atoms with Gasteiger partial charge in [-0.25, -0.2) is 0 Å². The van der Waals surface area contributed by atoms with Crippen molar-refractivity contribution in [1.82, 2.24) is 0 Å². The molecule has 0 unspecified atom stereocenters. The van der Waals surface area contributed by atoms with Gasteiger partial charge in [0.1, 0.15) is 5.75 Å². The van der Waals surface area contributed by atoms with Crippen molar-refractivity contribution in [1.29, 1.82) is 0 Å². The highest BCUT2D eigenvalue weighted by Crippen LogP contribution is 2.22. The highest BCUT2D eigenvalue weighted by atomic mass is 16.5. The lowest BCUT2D eigenvalue weighted by Crippen LogP contribution is -2.32. The molecule has 0 saturated heterocycles. The number of anilines is 1. The molecule has 0 aliphatic rings. The van der Waals surface area contributed by atoms with Gasteiger partial charge in [0.05, 0.1) is 0 Å². The van der Waals surface area contributed by atoms with Gasteiger partial charge in [-0.3, -0.25) is 4.79 Å². The monoisotopic (exact) mass is 283 g/mol. The van der Waals surface area contributed by atoms with Crippen LogP contribution in [0.1, 0.15) is 24.5 Å². The van der Waals surface area contributed by atoms with Gasteiger partial charge in [-0.05, 0) is 49.6 Å². The predicted molar refractivity (Wildman–Crippen MR) is 85.7 cm³/mol. The molecule has 0 saturated carbocycles. The van der Waals surface area contributed by atoms with Crippen molar-refractivity contribution in [2.75, 3.05) is 5.32 Å². The van der Waals surface area contributed by atoms with E-state index in [9.17, 15) is 4.79 Å². The summed E-state index contributed by atoms with van der Waals surface area (Å²) >= 11 is 0. The first-order valence-corrected chi connectivity index (χ1v) is 7.20. The predicted octanol–water partition coefficient (Wildman–Crippen LogP) is 4.10. The van der Waals surface area contributed by atoms with Crippen LogP contribution in [0.25, 0.3) is 0 Å². The summed E-state index contributed by atoms with van der Waals surface area (Å²) in [5.41, 5.74) is 3.01. The zero-order chi connectivity index (χ0) is 15.2. The van der Waals surface area contributed by atoms with Gasteiger partial charge in [-0.1, -0.05) is 37.3 Å². The zero-order valence-electron chi connectivity index (χ0n) is 12.7. The fraction of sp³-hybridized carbons (Fsp3) is 0.278. The lowest BCUT2D eigenvalue weighted by atomic mass is 10.1. The number of carbonyl (C=O) groups is 1. The third-order valence-electron chi connectivity index (χ3n) is 3.53. The SMILES string of the molecule is CC[C@H](Oc1cccc(C)c1C)C(=O)Nc1ccccc1. The molecule has 2 aromatic carbocycles. The first kappa shape index (κ1) is 15.1. The molecule has 3 nitrogen and oxygen atoms in total. The maximum Gasteiger partial charge on any atom is 0.265 e. The van der Waals surface area contributed by atoms with E-state index in [-0.39, 0.29) is 5.91 Å². The van der Waals surface area contributed by atoms with Crippen molar-refractivity contribution < 1.29 is 9.53 Å². The largest absolute Gasteiger partial charge is 0.480 e. The van der Waals surface area contributed by atoms with Gasteiger partial charge in [0.2, 0.25) is 0 Å². The van der Waals surface area contributed by atoms with E-state index in [2.05, 4.69) is 5.32 Å². The van der Waals surface area contributed by atoms with Crippen LogP contribution >= 0.6 is 0 Å². The Hall–Kier alpha value is -2.29. The van der Waals surface area contributed by atoms with Gasteiger partial charge in [-0.2, -0.15) is 0 Å². The topological polar surface area (TPSA) is 38.3 Å². The van der Waals surface area contributed by atoms with Crippen molar-refractivity contribution in [2.24, 2.45) is 0 Å². The van der Waals surface area contributed by atoms with E-state index in [4.69, 9.17) is 4.74 Å². The normalized spacial score (nSPS) is 11.8. The molecule has 21 heavy (non-hydrogen) atoms. The summed E-state index contributed by atoms with van der Waals surface area (Å²) < 4.78 is 5.90. The molecule has 1 atom stereocenters. The third-order valence-corrected chi connectivity index (χ3v) is 3.53. The third kappa shape index (κ3) is 3.85. The molecule has 2 rings (SSSR count). The molecule has 3 heteroatoms. The fourth-order valence-corrected chi connectivity index (χ4v) is 2.07. The van der Waals surface area contributed by atoms with E-state index in [1.807, 2.05) is 69.3 Å². The van der Waals surface area contributed by atoms with E-state index in [0.717, 1.165) is 22.6 Å². The molecular weight excluding hydrogens is 262 g/mol. The van der Waals surface area contributed by atoms with Crippen molar-refractivity contribution >= 4 is 11.6 Å². The number of para-hydroxylation sites is 1. The highest BCUT2D eigenvalue weighted by Gasteiger charge is 2.19. The van der Waals surface area contributed by atoms with Crippen molar-refractivity contribution in [3.8, 4) is 5.75 Å². The smallest absolute Gasteiger partial charge is 0.265 e. The van der Waals surface area contributed by atoms with E-state index in [1.54, 1.807) is 0 Å². The Labute approximate surface area is 126 Å². The Kier molecular flexibility index (Phi) is 4.99. The van der Waals surface area contributed by atoms with E-state index >= 15 is 0 Å². The molecule has 110 valence electrons. The average molecular weight is 283 g/mol. The Morgan fingerprint density at radius 3 is 2.48 bits per heavy atom. The second-order valence-electron chi connectivity index (χ2n) is 5.07. The Morgan fingerprint density at radius 1 is 1.10 bits per heavy atom. The number of hydrogen-bond donors (Lipinski definition) is 1. The lowest BCUT2D eigenvalue weighted by Gasteiger charge is -2.19. The minimum atomic E-state index is -0.495. The molecule has 0 spiro atoms. The summed E-state index contributed by atoms with van der Waals surface area (Å²) in [7, 11) is 0. The van der Waals surface area contributed by atoms with E-state index in [0.29, 0.717) is 6.42 Å². The van der Waals surface area contributed by atoms with Gasteiger partial charge in [0.15, 0.2) is 6.10 Å². The van der Waals surface area contributed by atoms with Gasteiger partial charge < -0.3 is 10.1 Å². The van der Waals surface area contributed by atoms with E-state index < -0.39 is 6.10 Å². The Bertz CT molecular complexity index is 608. The van der Waals surface area contributed by atoms with Crippen LogP contribution in [0.5, 0.6) is 5.75 Å². The number of aryl methyl sites for hydroxylation is 1. The van der Waals surface area contributed by atoms with Gasteiger partial charge in [-0.15, -0.1) is 0 Å². The molecule has 2 aromatic rings. The van der Waals surface area contributed by atoms with Crippen LogP contribution in [-0.4, -0.2) is 12.0 Å². The van der Waals surface area contributed by atoms with Crippen LogP contribution in [0.2, 0.25) is 0 Å². The quantitative estimate of drug-likeness (QED) is 0.897. The van der Waals surface area contributed by atoms with E-state index in [1.165, 1.54) is 0 Å². The minimum absolute atomic E-state index is 0.121.